The summed E-state index contributed by atoms with van der Waals surface area (Å²) in [4.78, 5) is 32.7. The molecule has 172 valence electrons. The molecule has 0 aromatic heterocycles. The van der Waals surface area contributed by atoms with Crippen LogP contribution in [-0.4, -0.2) is 65.5 Å². The first-order valence-electron chi connectivity index (χ1n) is 11.6. The quantitative estimate of drug-likeness (QED) is 0.180. The first kappa shape index (κ1) is 21.8. The van der Waals surface area contributed by atoms with Crippen molar-refractivity contribution in [2.75, 3.05) is 20.1 Å². The van der Waals surface area contributed by atoms with Crippen LogP contribution in [0.2, 0.25) is 0 Å². The van der Waals surface area contributed by atoms with Crippen molar-refractivity contribution in [3.8, 4) is 0 Å². The highest BCUT2D eigenvalue weighted by Gasteiger charge is 2.22. The van der Waals surface area contributed by atoms with E-state index in [-0.39, 0.29) is 19.5 Å². The summed E-state index contributed by atoms with van der Waals surface area (Å²) in [5.74, 6) is -2.78. The lowest BCUT2D eigenvalue weighted by Gasteiger charge is -2.32. The number of ether oxygens (including phenoxy) is 1. The van der Waals surface area contributed by atoms with E-state index in [1.807, 2.05) is 0 Å². The molecule has 1 aliphatic heterocycles. The maximum Gasteiger partial charge on any atom is 0.327 e. The van der Waals surface area contributed by atoms with Gasteiger partial charge in [-0.05, 0) is 12.8 Å². The molecule has 11 heteroatoms. The minimum Gasteiger partial charge on any atom is -0.483 e. The van der Waals surface area contributed by atoms with Gasteiger partial charge in [0.25, 0.3) is 6.47 Å². The predicted molar refractivity (Wildman–Crippen MR) is 113 cm³/mol. The molecule has 1 amide bonds. The van der Waals surface area contributed by atoms with Crippen molar-refractivity contribution in [2.45, 2.75) is 70.6 Å². The summed E-state index contributed by atoms with van der Waals surface area (Å²) in [6, 6.07) is 0. The second kappa shape index (κ2) is 17.0. The van der Waals surface area contributed by atoms with Gasteiger partial charge in [-0.25, -0.2) is 5.01 Å². The van der Waals surface area contributed by atoms with Crippen molar-refractivity contribution < 1.29 is 28.3 Å². The zero-order valence-corrected chi connectivity index (χ0v) is 17.3. The van der Waals surface area contributed by atoms with E-state index in [4.69, 9.17) is 35.3 Å². The molecular formula is C19H36N6O5. The molecule has 0 aromatic carbocycles. The van der Waals surface area contributed by atoms with Crippen LogP contribution in [0, 0.1) is 10.8 Å². The molecule has 1 rings (SSSR count). The van der Waals surface area contributed by atoms with E-state index in [0.29, 0.717) is 22.9 Å². The zero-order chi connectivity index (χ0) is 25.3. The lowest BCUT2D eigenvalue weighted by atomic mass is 10.1. The van der Waals surface area contributed by atoms with Crippen LogP contribution in [-0.2, 0) is 19.1 Å². The molecule has 0 saturated carbocycles. The maximum absolute atomic E-state index is 12.2. The number of nitrogens with one attached hydrogen (secondary N) is 3. The van der Waals surface area contributed by atoms with Crippen LogP contribution in [0.1, 0.15) is 74.7 Å². The Morgan fingerprint density at radius 3 is 2.17 bits per heavy atom. The minimum absolute atomic E-state index is 0.175. The van der Waals surface area contributed by atoms with Gasteiger partial charge in [-0.3, -0.25) is 35.5 Å². The third-order valence-electron chi connectivity index (χ3n) is 4.33. The molecule has 6 N–H and O–H groups in total. The van der Waals surface area contributed by atoms with E-state index < -0.39 is 37.3 Å². The fourth-order valence-corrected chi connectivity index (χ4v) is 2.79. The van der Waals surface area contributed by atoms with Gasteiger partial charge in [-0.1, -0.05) is 51.4 Å². The van der Waals surface area contributed by atoms with Gasteiger partial charge in [-0.15, -0.1) is 0 Å². The van der Waals surface area contributed by atoms with E-state index in [2.05, 4.69) is 5.32 Å². The molecular weight excluding hydrogens is 392 g/mol. The van der Waals surface area contributed by atoms with Crippen LogP contribution >= 0.6 is 0 Å². The fourth-order valence-electron chi connectivity index (χ4n) is 2.79. The molecule has 0 bridgehead atoms. The molecule has 1 fully saturated rings. The molecule has 1 aliphatic rings. The van der Waals surface area contributed by atoms with E-state index in [1.54, 1.807) is 0 Å². The minimum atomic E-state index is -2.93. The van der Waals surface area contributed by atoms with Gasteiger partial charge in [0.1, 0.15) is 6.54 Å². The topological polar surface area (TPSA) is 173 Å². The van der Waals surface area contributed by atoms with Crippen LogP contribution in [0.4, 0.5) is 0 Å². The summed E-state index contributed by atoms with van der Waals surface area (Å²) in [7, 11) is 0. The Labute approximate surface area is 182 Å². The normalized spacial score (nSPS) is 20.2. The van der Waals surface area contributed by atoms with Crippen LogP contribution in [0.5, 0.6) is 0 Å². The summed E-state index contributed by atoms with van der Waals surface area (Å²) in [5, 5.41) is 25.8. The largest absolute Gasteiger partial charge is 0.483 e. The predicted octanol–water partition coefficient (Wildman–Crippen LogP) is 1.63. The van der Waals surface area contributed by atoms with Gasteiger partial charge in [-0.2, -0.15) is 0 Å². The van der Waals surface area contributed by atoms with Gasteiger partial charge < -0.3 is 15.6 Å². The number of hydrogen-bond donors (Lipinski definition) is 5. The van der Waals surface area contributed by atoms with Crippen molar-refractivity contribution >= 4 is 30.3 Å². The van der Waals surface area contributed by atoms with E-state index in [1.165, 1.54) is 6.42 Å². The number of carbonyl (C=O) groups excluding carboxylic acids is 2. The molecule has 11 nitrogen and oxygen atoms in total. The summed E-state index contributed by atoms with van der Waals surface area (Å²) >= 11 is 0. The first-order chi connectivity index (χ1) is 15.5. The average Bonchev–Trinajstić information content (AvgIpc) is 2.69. The van der Waals surface area contributed by atoms with Gasteiger partial charge in [0.05, 0.1) is 6.61 Å². The standard InChI is InChI=1S/C18H34N6O3.CH2O2/c1-23(17(19)20)24-14-16(26)27-13-11-9-7-5-3-2-4-6-8-10-12-15(25)22-18(24)21;2-1-3/h2-14H2,1H3,(H3,19,20)(H2,21,22,25);1H,(H,2,3)/i1D3;. The number of hydrazine groups is 1. The van der Waals surface area contributed by atoms with Crippen molar-refractivity contribution in [2.24, 2.45) is 5.73 Å². The van der Waals surface area contributed by atoms with Gasteiger partial charge in [0.15, 0.2) is 0 Å². The number of cyclic esters (lactones) is 1. The number of guanidine groups is 2. The maximum atomic E-state index is 12.2. The van der Waals surface area contributed by atoms with Crippen molar-refractivity contribution in [3.05, 3.63) is 0 Å². The van der Waals surface area contributed by atoms with Gasteiger partial charge in [0.2, 0.25) is 17.8 Å². The molecule has 0 unspecified atom stereocenters. The molecule has 0 atom stereocenters. The number of carbonyl (C=O) groups is 3. The third-order valence-corrected chi connectivity index (χ3v) is 4.33. The Hall–Kier alpha value is -2.85. The highest BCUT2D eigenvalue weighted by Crippen LogP contribution is 2.11. The van der Waals surface area contributed by atoms with Crippen LogP contribution < -0.4 is 11.1 Å². The summed E-state index contributed by atoms with van der Waals surface area (Å²) in [6.45, 7) is -3.67. The second-order valence-electron chi connectivity index (χ2n) is 6.76. The molecule has 0 aromatic rings. The summed E-state index contributed by atoms with van der Waals surface area (Å²) in [5.41, 5.74) is 5.39. The lowest BCUT2D eigenvalue weighted by Crippen LogP contribution is -2.56. The number of amides is 1. The summed E-state index contributed by atoms with van der Waals surface area (Å²) < 4.78 is 27.9. The number of esters is 1. The molecule has 0 spiro atoms. The smallest absolute Gasteiger partial charge is 0.327 e. The fraction of sp³-hybridized carbons (Fsp3) is 0.737. The first-order valence-corrected chi connectivity index (χ1v) is 10.1. The monoisotopic (exact) mass is 431 g/mol. The van der Waals surface area contributed by atoms with E-state index in [9.17, 15) is 9.59 Å². The number of carboxylic acid groups (broad SMARTS) is 1. The highest BCUT2D eigenvalue weighted by atomic mass is 16.5. The van der Waals surface area contributed by atoms with Crippen LogP contribution in [0.15, 0.2) is 0 Å². The van der Waals surface area contributed by atoms with Crippen LogP contribution in [0.3, 0.4) is 0 Å². The van der Waals surface area contributed by atoms with Crippen molar-refractivity contribution in [1.82, 2.24) is 15.3 Å². The Morgan fingerprint density at radius 1 is 1.17 bits per heavy atom. The lowest BCUT2D eigenvalue weighted by molar-refractivity contribution is -0.146. The van der Waals surface area contributed by atoms with Crippen molar-refractivity contribution in [1.29, 1.82) is 10.8 Å². The SMILES string of the molecule is O=CO.[2H]C([2H])([2H])N(C(=N)N)N1CC(=O)OCCCCCCCCCCCCC(=O)NC1=N. The zero-order valence-electron chi connectivity index (χ0n) is 20.3. The summed E-state index contributed by atoms with van der Waals surface area (Å²) in [6.07, 6.45) is 10.0. The Kier molecular flexibility index (Phi) is 12.4. The molecule has 0 radical (unpaired) electrons. The Bertz CT molecular complexity index is 648. The van der Waals surface area contributed by atoms with E-state index in [0.717, 1.165) is 44.9 Å². The second-order valence-corrected chi connectivity index (χ2v) is 6.76. The Morgan fingerprint density at radius 2 is 1.67 bits per heavy atom. The van der Waals surface area contributed by atoms with Gasteiger partial charge in [0, 0.05) is 17.5 Å². The van der Waals surface area contributed by atoms with Crippen molar-refractivity contribution in [3.63, 3.8) is 0 Å². The Balaban J connectivity index is 0.00000322. The number of rotatable bonds is 1. The molecule has 0 aliphatic carbocycles. The average molecular weight is 432 g/mol. The molecule has 1 saturated heterocycles. The number of nitrogens with zero attached hydrogens (tertiary/aromatic N) is 2. The number of nitrogens with two attached hydrogens (primary N) is 1. The molecule has 1 heterocycles. The number of hydrogen-bond acceptors (Lipinski definition) is 6. The third kappa shape index (κ3) is 13.3. The highest BCUT2D eigenvalue weighted by molar-refractivity contribution is 5.97. The molecule has 30 heavy (non-hydrogen) atoms. The van der Waals surface area contributed by atoms with Gasteiger partial charge >= 0.3 is 5.97 Å². The van der Waals surface area contributed by atoms with Crippen LogP contribution in [0.25, 0.3) is 0 Å². The van der Waals surface area contributed by atoms with E-state index >= 15 is 0 Å².